The molecule has 0 aliphatic heterocycles. The van der Waals surface area contributed by atoms with E-state index in [1.54, 1.807) is 6.07 Å². The number of rotatable bonds is 1. The second-order valence-corrected chi connectivity index (χ2v) is 3.80. The van der Waals surface area contributed by atoms with Gasteiger partial charge in [-0.2, -0.15) is 5.26 Å². The van der Waals surface area contributed by atoms with Crippen LogP contribution in [0, 0.1) is 25.2 Å². The number of nitrogens with two attached hydrogens (primary N) is 1. The number of hydrogen-bond donors (Lipinski definition) is 1. The Morgan fingerprint density at radius 2 is 1.94 bits per heavy atom. The predicted octanol–water partition coefficient (Wildman–Crippen LogP) is 3.02. The van der Waals surface area contributed by atoms with Gasteiger partial charge in [-0.25, -0.2) is 0 Å². The van der Waals surface area contributed by atoms with Crippen molar-refractivity contribution in [3.05, 3.63) is 41.0 Å². The first kappa shape index (κ1) is 10.3. The lowest BCUT2D eigenvalue weighted by atomic mass is 10.0. The number of nitrogens with zero attached hydrogens (tertiary/aromatic N) is 1. The molecule has 1 aromatic heterocycles. The zero-order chi connectivity index (χ0) is 11.7. The largest absolute Gasteiger partial charge is 0.440 e. The summed E-state index contributed by atoms with van der Waals surface area (Å²) in [6.07, 6.45) is 0. The molecule has 0 aliphatic rings. The summed E-state index contributed by atoms with van der Waals surface area (Å²) >= 11 is 0. The highest BCUT2D eigenvalue weighted by molar-refractivity contribution is 5.65. The summed E-state index contributed by atoms with van der Waals surface area (Å²) in [5.74, 6) is 0.813. The van der Waals surface area contributed by atoms with Gasteiger partial charge in [-0.3, -0.25) is 0 Å². The van der Waals surface area contributed by atoms with E-state index in [-0.39, 0.29) is 5.88 Å². The summed E-state index contributed by atoms with van der Waals surface area (Å²) in [7, 11) is 0. The molecular formula is C13H12N2O. The standard InChI is InChI=1S/C13H12N2O/c1-8-3-4-10(5-9(8)2)12-6-11(7-14)13(15)16-12/h3-6H,15H2,1-2H3. The minimum atomic E-state index is 0.177. The highest BCUT2D eigenvalue weighted by Gasteiger charge is 2.09. The smallest absolute Gasteiger partial charge is 0.208 e. The topological polar surface area (TPSA) is 63.0 Å². The number of hydrogen-bond acceptors (Lipinski definition) is 3. The van der Waals surface area contributed by atoms with Crippen LogP contribution in [0.4, 0.5) is 5.88 Å². The molecule has 1 heterocycles. The molecular weight excluding hydrogens is 200 g/mol. The molecule has 1 aromatic carbocycles. The Morgan fingerprint density at radius 1 is 1.19 bits per heavy atom. The molecule has 0 atom stereocenters. The molecule has 2 N–H and O–H groups in total. The Bertz CT molecular complexity index is 576. The molecule has 2 rings (SSSR count). The molecule has 2 aromatic rings. The first-order valence-corrected chi connectivity index (χ1v) is 4.99. The van der Waals surface area contributed by atoms with E-state index in [9.17, 15) is 0 Å². The van der Waals surface area contributed by atoms with E-state index in [2.05, 4.69) is 6.92 Å². The van der Waals surface area contributed by atoms with Crippen LogP contribution in [0.3, 0.4) is 0 Å². The van der Waals surface area contributed by atoms with Gasteiger partial charge in [0, 0.05) is 11.6 Å². The maximum atomic E-state index is 8.79. The van der Waals surface area contributed by atoms with Crippen LogP contribution in [0.5, 0.6) is 0 Å². The zero-order valence-corrected chi connectivity index (χ0v) is 9.24. The number of anilines is 1. The van der Waals surface area contributed by atoms with Gasteiger partial charge in [0.15, 0.2) is 0 Å². The van der Waals surface area contributed by atoms with Gasteiger partial charge in [0.2, 0.25) is 5.88 Å². The average Bonchev–Trinajstić information content (AvgIpc) is 2.64. The normalized spacial score (nSPS) is 10.1. The monoisotopic (exact) mass is 212 g/mol. The second kappa shape index (κ2) is 3.74. The van der Waals surface area contributed by atoms with Crippen molar-refractivity contribution >= 4 is 5.88 Å². The molecule has 0 unspecified atom stereocenters. The van der Waals surface area contributed by atoms with Gasteiger partial charge in [-0.05, 0) is 31.0 Å². The van der Waals surface area contributed by atoms with Gasteiger partial charge in [-0.15, -0.1) is 0 Å². The van der Waals surface area contributed by atoms with Crippen molar-refractivity contribution in [2.75, 3.05) is 5.73 Å². The van der Waals surface area contributed by atoms with E-state index in [1.165, 1.54) is 11.1 Å². The molecule has 0 radical (unpaired) electrons. The molecule has 0 saturated heterocycles. The van der Waals surface area contributed by atoms with Crippen molar-refractivity contribution < 1.29 is 4.42 Å². The Morgan fingerprint density at radius 3 is 2.50 bits per heavy atom. The fourth-order valence-corrected chi connectivity index (χ4v) is 1.53. The van der Waals surface area contributed by atoms with Crippen molar-refractivity contribution in [1.82, 2.24) is 0 Å². The van der Waals surface area contributed by atoms with Crippen LogP contribution in [-0.4, -0.2) is 0 Å². The lowest BCUT2D eigenvalue weighted by Gasteiger charge is -2.01. The van der Waals surface area contributed by atoms with Crippen molar-refractivity contribution in [3.8, 4) is 17.4 Å². The van der Waals surface area contributed by atoms with Gasteiger partial charge < -0.3 is 10.2 Å². The van der Waals surface area contributed by atoms with Crippen molar-refractivity contribution in [2.45, 2.75) is 13.8 Å². The summed E-state index contributed by atoms with van der Waals surface area (Å²) in [5, 5.41) is 8.79. The molecule has 0 aliphatic carbocycles. The molecule has 0 fully saturated rings. The molecule has 3 heteroatoms. The summed E-state index contributed by atoms with van der Waals surface area (Å²) in [6.45, 7) is 4.09. The van der Waals surface area contributed by atoms with Crippen LogP contribution in [0.2, 0.25) is 0 Å². The number of nitriles is 1. The van der Waals surface area contributed by atoms with E-state index in [1.807, 2.05) is 31.2 Å². The maximum absolute atomic E-state index is 8.79. The van der Waals surface area contributed by atoms with Crippen molar-refractivity contribution in [2.24, 2.45) is 0 Å². The lowest BCUT2D eigenvalue weighted by molar-refractivity contribution is 0.602. The number of furan rings is 1. The number of benzene rings is 1. The van der Waals surface area contributed by atoms with Crippen LogP contribution in [-0.2, 0) is 0 Å². The van der Waals surface area contributed by atoms with Crippen LogP contribution < -0.4 is 5.73 Å². The minimum Gasteiger partial charge on any atom is -0.440 e. The first-order chi connectivity index (χ1) is 7.61. The van der Waals surface area contributed by atoms with Crippen molar-refractivity contribution in [1.29, 1.82) is 5.26 Å². The highest BCUT2D eigenvalue weighted by atomic mass is 16.4. The van der Waals surface area contributed by atoms with Gasteiger partial charge in [0.1, 0.15) is 17.4 Å². The number of nitrogen functional groups attached to an aromatic ring is 1. The Balaban J connectivity index is 2.51. The van der Waals surface area contributed by atoms with E-state index in [0.29, 0.717) is 11.3 Å². The van der Waals surface area contributed by atoms with Gasteiger partial charge >= 0.3 is 0 Å². The zero-order valence-electron chi connectivity index (χ0n) is 9.24. The quantitative estimate of drug-likeness (QED) is 0.790. The molecule has 0 amide bonds. The fourth-order valence-electron chi connectivity index (χ4n) is 1.53. The van der Waals surface area contributed by atoms with E-state index in [4.69, 9.17) is 15.4 Å². The third kappa shape index (κ3) is 1.66. The van der Waals surface area contributed by atoms with Crippen molar-refractivity contribution in [3.63, 3.8) is 0 Å². The van der Waals surface area contributed by atoms with Gasteiger partial charge in [0.25, 0.3) is 0 Å². The summed E-state index contributed by atoms with van der Waals surface area (Å²) in [5.41, 5.74) is 9.30. The molecule has 0 bridgehead atoms. The van der Waals surface area contributed by atoms with E-state index in [0.717, 1.165) is 5.56 Å². The van der Waals surface area contributed by atoms with Crippen LogP contribution in [0.25, 0.3) is 11.3 Å². The molecule has 16 heavy (non-hydrogen) atoms. The predicted molar refractivity (Wildman–Crippen MR) is 62.7 cm³/mol. The average molecular weight is 212 g/mol. The molecule has 0 saturated carbocycles. The van der Waals surface area contributed by atoms with E-state index >= 15 is 0 Å². The van der Waals surface area contributed by atoms with Crippen LogP contribution in [0.15, 0.2) is 28.7 Å². The van der Waals surface area contributed by atoms with Crippen LogP contribution >= 0.6 is 0 Å². The lowest BCUT2D eigenvalue weighted by Crippen LogP contribution is -1.82. The minimum absolute atomic E-state index is 0.177. The third-order valence-electron chi connectivity index (χ3n) is 2.67. The Labute approximate surface area is 94.1 Å². The maximum Gasteiger partial charge on any atom is 0.208 e. The molecule has 80 valence electrons. The molecule has 3 nitrogen and oxygen atoms in total. The molecule has 0 spiro atoms. The highest BCUT2D eigenvalue weighted by Crippen LogP contribution is 2.28. The first-order valence-electron chi connectivity index (χ1n) is 4.99. The van der Waals surface area contributed by atoms with Crippen LogP contribution in [0.1, 0.15) is 16.7 Å². The Kier molecular flexibility index (Phi) is 2.41. The number of aryl methyl sites for hydroxylation is 2. The SMILES string of the molecule is Cc1ccc(-c2cc(C#N)c(N)o2)cc1C. The summed E-state index contributed by atoms with van der Waals surface area (Å²) < 4.78 is 5.34. The second-order valence-electron chi connectivity index (χ2n) is 3.80. The van der Waals surface area contributed by atoms with Gasteiger partial charge in [-0.1, -0.05) is 12.1 Å². The fraction of sp³-hybridized carbons (Fsp3) is 0.154. The third-order valence-corrected chi connectivity index (χ3v) is 2.67. The van der Waals surface area contributed by atoms with Gasteiger partial charge in [0.05, 0.1) is 0 Å². The Hall–Kier alpha value is -2.21. The summed E-state index contributed by atoms with van der Waals surface area (Å²) in [4.78, 5) is 0. The summed E-state index contributed by atoms with van der Waals surface area (Å²) in [6, 6.07) is 9.66. The van der Waals surface area contributed by atoms with E-state index < -0.39 is 0 Å².